The first-order valence-electron chi connectivity index (χ1n) is 6.40. The number of carbonyl (C=O) groups excluding carboxylic acids is 1. The van der Waals surface area contributed by atoms with Crippen LogP contribution in [0.4, 0.5) is 0 Å². The van der Waals surface area contributed by atoms with Gasteiger partial charge in [-0.15, -0.1) is 16.6 Å². The first kappa shape index (κ1) is 12.4. The fraction of sp³-hybridized carbons (Fsp3) is 0.267. The number of ether oxygens (including phenoxy) is 1. The number of benzene rings is 1. The number of esters is 1. The molecule has 5 nitrogen and oxygen atoms in total. The Morgan fingerprint density at radius 2 is 1.95 bits per heavy atom. The Morgan fingerprint density at radius 1 is 1.30 bits per heavy atom. The smallest absolute Gasteiger partial charge is 0.339 e. The number of aromatic nitrogens is 3. The van der Waals surface area contributed by atoms with Crippen molar-refractivity contribution in [3.8, 4) is 18.0 Å². The summed E-state index contributed by atoms with van der Waals surface area (Å²) < 4.78 is 7.09. The second-order valence-electron chi connectivity index (χ2n) is 4.75. The quantitative estimate of drug-likeness (QED) is 0.626. The zero-order valence-electron chi connectivity index (χ0n) is 10.8. The van der Waals surface area contributed by atoms with Crippen molar-refractivity contribution >= 4 is 5.97 Å². The summed E-state index contributed by atoms with van der Waals surface area (Å²) in [6.07, 6.45) is 10.2. The lowest BCUT2D eigenvalue weighted by atomic mass is 10.2. The van der Waals surface area contributed by atoms with E-state index in [0.717, 1.165) is 18.5 Å². The van der Waals surface area contributed by atoms with Crippen LogP contribution in [0.2, 0.25) is 0 Å². The van der Waals surface area contributed by atoms with Gasteiger partial charge in [-0.25, -0.2) is 4.79 Å². The van der Waals surface area contributed by atoms with Crippen molar-refractivity contribution in [3.63, 3.8) is 0 Å². The molecule has 0 radical (unpaired) electrons. The van der Waals surface area contributed by atoms with E-state index in [1.54, 1.807) is 29.4 Å². The lowest BCUT2D eigenvalue weighted by molar-refractivity contribution is 0.0374. The molecule has 0 saturated heterocycles. The molecule has 0 aliphatic heterocycles. The number of hydrogen-bond donors (Lipinski definition) is 0. The summed E-state index contributed by atoms with van der Waals surface area (Å²) >= 11 is 0. The van der Waals surface area contributed by atoms with E-state index in [-0.39, 0.29) is 5.97 Å². The lowest BCUT2D eigenvalue weighted by Gasteiger charge is -2.11. The van der Waals surface area contributed by atoms with Gasteiger partial charge < -0.3 is 4.74 Å². The summed E-state index contributed by atoms with van der Waals surface area (Å²) in [4.78, 5) is 12.0. The van der Waals surface area contributed by atoms with Crippen molar-refractivity contribution < 1.29 is 9.53 Å². The van der Waals surface area contributed by atoms with Gasteiger partial charge in [-0.05, 0) is 37.1 Å². The summed E-state index contributed by atoms with van der Waals surface area (Å²) in [5.74, 6) is 2.49. The van der Waals surface area contributed by atoms with Gasteiger partial charge in [0.15, 0.2) is 6.10 Å². The van der Waals surface area contributed by atoms with Crippen LogP contribution in [-0.4, -0.2) is 26.8 Å². The summed E-state index contributed by atoms with van der Waals surface area (Å²) in [5, 5.41) is 7.46. The van der Waals surface area contributed by atoms with Gasteiger partial charge in [-0.2, -0.15) is 0 Å². The third kappa shape index (κ3) is 2.54. The van der Waals surface area contributed by atoms with Crippen LogP contribution in [0.25, 0.3) is 5.69 Å². The van der Waals surface area contributed by atoms with E-state index < -0.39 is 6.10 Å². The van der Waals surface area contributed by atoms with E-state index in [1.165, 1.54) is 0 Å². The standard InChI is InChI=1S/C15H13N3O2/c1-2-14(11-3-4-11)20-15(19)12-5-7-13(8-6-12)18-9-16-17-10-18/h1,5-11,14H,3-4H2/t14-/m1/s1. The molecule has 1 aromatic heterocycles. The van der Waals surface area contributed by atoms with Crippen LogP contribution in [0.1, 0.15) is 23.2 Å². The van der Waals surface area contributed by atoms with E-state index in [1.807, 2.05) is 12.1 Å². The Labute approximate surface area is 116 Å². The van der Waals surface area contributed by atoms with E-state index in [0.29, 0.717) is 11.5 Å². The molecule has 1 aliphatic carbocycles. The zero-order valence-corrected chi connectivity index (χ0v) is 10.8. The highest BCUT2D eigenvalue weighted by Crippen LogP contribution is 2.34. The predicted octanol–water partition coefficient (Wildman–Crippen LogP) is 1.84. The highest BCUT2D eigenvalue weighted by Gasteiger charge is 2.32. The van der Waals surface area contributed by atoms with Gasteiger partial charge in [0, 0.05) is 11.6 Å². The monoisotopic (exact) mass is 267 g/mol. The molecule has 0 spiro atoms. The van der Waals surface area contributed by atoms with E-state index in [4.69, 9.17) is 11.2 Å². The maximum Gasteiger partial charge on any atom is 0.339 e. The molecule has 0 unspecified atom stereocenters. The number of rotatable bonds is 4. The Hall–Kier alpha value is -2.61. The molecular weight excluding hydrogens is 254 g/mol. The Kier molecular flexibility index (Phi) is 3.21. The largest absolute Gasteiger partial charge is 0.445 e. The molecule has 1 aliphatic rings. The van der Waals surface area contributed by atoms with Gasteiger partial charge in [-0.1, -0.05) is 5.92 Å². The Bertz CT molecular complexity index is 637. The van der Waals surface area contributed by atoms with Crippen LogP contribution in [-0.2, 0) is 4.74 Å². The molecule has 1 atom stereocenters. The molecule has 0 bridgehead atoms. The van der Waals surface area contributed by atoms with Crippen molar-refractivity contribution in [2.75, 3.05) is 0 Å². The molecule has 0 amide bonds. The average Bonchev–Trinajstić information content (AvgIpc) is 3.18. The molecular formula is C15H13N3O2. The highest BCUT2D eigenvalue weighted by atomic mass is 16.5. The molecule has 1 heterocycles. The van der Waals surface area contributed by atoms with Gasteiger partial charge in [0.05, 0.1) is 5.56 Å². The fourth-order valence-corrected chi connectivity index (χ4v) is 1.95. The third-order valence-corrected chi connectivity index (χ3v) is 3.27. The summed E-state index contributed by atoms with van der Waals surface area (Å²) in [6.45, 7) is 0. The van der Waals surface area contributed by atoms with Crippen molar-refractivity contribution in [2.45, 2.75) is 18.9 Å². The first-order valence-corrected chi connectivity index (χ1v) is 6.40. The summed E-state index contributed by atoms with van der Waals surface area (Å²) in [6, 6.07) is 7.03. The number of hydrogen-bond acceptors (Lipinski definition) is 4. The normalized spacial score (nSPS) is 15.3. The molecule has 3 rings (SSSR count). The van der Waals surface area contributed by atoms with Crippen molar-refractivity contribution in [1.82, 2.24) is 14.8 Å². The van der Waals surface area contributed by atoms with Crippen molar-refractivity contribution in [2.24, 2.45) is 5.92 Å². The predicted molar refractivity (Wildman–Crippen MR) is 72.1 cm³/mol. The van der Waals surface area contributed by atoms with Crippen LogP contribution >= 0.6 is 0 Å². The van der Waals surface area contributed by atoms with E-state index in [9.17, 15) is 4.79 Å². The molecule has 100 valence electrons. The lowest BCUT2D eigenvalue weighted by Crippen LogP contribution is -2.18. The minimum Gasteiger partial charge on any atom is -0.445 e. The maximum absolute atomic E-state index is 12.0. The molecule has 1 aromatic carbocycles. The second-order valence-corrected chi connectivity index (χ2v) is 4.75. The van der Waals surface area contributed by atoms with Gasteiger partial charge in [-0.3, -0.25) is 4.57 Å². The van der Waals surface area contributed by atoms with Crippen LogP contribution in [0.15, 0.2) is 36.9 Å². The van der Waals surface area contributed by atoms with Gasteiger partial charge >= 0.3 is 5.97 Å². The van der Waals surface area contributed by atoms with Crippen LogP contribution in [0, 0.1) is 18.3 Å². The Morgan fingerprint density at radius 3 is 2.50 bits per heavy atom. The molecule has 2 aromatic rings. The molecule has 1 saturated carbocycles. The molecule has 20 heavy (non-hydrogen) atoms. The fourth-order valence-electron chi connectivity index (χ4n) is 1.95. The summed E-state index contributed by atoms with van der Waals surface area (Å²) in [7, 11) is 0. The molecule has 5 heteroatoms. The minimum atomic E-state index is -0.403. The van der Waals surface area contributed by atoms with Gasteiger partial charge in [0.1, 0.15) is 12.7 Å². The van der Waals surface area contributed by atoms with Gasteiger partial charge in [0.25, 0.3) is 0 Å². The van der Waals surface area contributed by atoms with Crippen LogP contribution in [0.3, 0.4) is 0 Å². The SMILES string of the molecule is C#C[C@@H](OC(=O)c1ccc(-n2cnnc2)cc1)C1CC1. The van der Waals surface area contributed by atoms with Crippen LogP contribution < -0.4 is 0 Å². The molecule has 1 fully saturated rings. The summed E-state index contributed by atoms with van der Waals surface area (Å²) in [5.41, 5.74) is 1.37. The highest BCUT2D eigenvalue weighted by molar-refractivity contribution is 5.89. The second kappa shape index (κ2) is 5.17. The minimum absolute atomic E-state index is 0.334. The van der Waals surface area contributed by atoms with Crippen molar-refractivity contribution in [3.05, 3.63) is 42.5 Å². The molecule has 0 N–H and O–H groups in total. The van der Waals surface area contributed by atoms with E-state index in [2.05, 4.69) is 16.1 Å². The van der Waals surface area contributed by atoms with E-state index >= 15 is 0 Å². The first-order chi connectivity index (χ1) is 9.78. The van der Waals surface area contributed by atoms with Crippen molar-refractivity contribution in [1.29, 1.82) is 0 Å². The topological polar surface area (TPSA) is 57.0 Å². The Balaban J connectivity index is 1.71. The number of terminal acetylenes is 1. The number of carbonyl (C=O) groups is 1. The average molecular weight is 267 g/mol. The van der Waals surface area contributed by atoms with Crippen LogP contribution in [0.5, 0.6) is 0 Å². The maximum atomic E-state index is 12.0. The zero-order chi connectivity index (χ0) is 13.9. The third-order valence-electron chi connectivity index (χ3n) is 3.27. The van der Waals surface area contributed by atoms with Gasteiger partial charge in [0.2, 0.25) is 0 Å². The number of nitrogens with zero attached hydrogens (tertiary/aromatic N) is 3.